The Labute approximate surface area is 163 Å². The van der Waals surface area contributed by atoms with Crippen LogP contribution in [0.5, 0.6) is 0 Å². The molecule has 3 heterocycles. The molecule has 6 nitrogen and oxygen atoms in total. The zero-order valence-electron chi connectivity index (χ0n) is 15.8. The van der Waals surface area contributed by atoms with E-state index in [1.807, 2.05) is 17.6 Å². The van der Waals surface area contributed by atoms with Gasteiger partial charge in [-0.25, -0.2) is 9.97 Å². The van der Waals surface area contributed by atoms with E-state index in [1.54, 1.807) is 6.20 Å². The highest BCUT2D eigenvalue weighted by Gasteiger charge is 2.27. The summed E-state index contributed by atoms with van der Waals surface area (Å²) in [6.07, 6.45) is 3.75. The molecule has 0 aromatic carbocycles. The normalized spacial score (nSPS) is 20.2. The van der Waals surface area contributed by atoms with Crippen LogP contribution in [-0.4, -0.2) is 45.6 Å². The molecule has 1 fully saturated rings. The standard InChI is InChI=1S/C19H28BrN5O/c1-4-6-16(24-8-7-21-10-13(3)12-24)18-23-17-15(9-14(20)11-22-17)19(26)25(18)5-2/h9,11,13,16,21H,4-8,10,12H2,1-3H3/t13-,16-/m0/s1. The van der Waals surface area contributed by atoms with E-state index in [9.17, 15) is 4.79 Å². The van der Waals surface area contributed by atoms with E-state index in [-0.39, 0.29) is 11.6 Å². The fraction of sp³-hybridized carbons (Fsp3) is 0.632. The van der Waals surface area contributed by atoms with E-state index < -0.39 is 0 Å². The largest absolute Gasteiger partial charge is 0.315 e. The summed E-state index contributed by atoms with van der Waals surface area (Å²) >= 11 is 3.41. The topological polar surface area (TPSA) is 63.1 Å². The number of fused-ring (bicyclic) bond motifs is 1. The number of rotatable bonds is 5. The van der Waals surface area contributed by atoms with E-state index >= 15 is 0 Å². The molecule has 2 aromatic heterocycles. The molecule has 1 aliphatic rings. The molecular formula is C19H28BrN5O. The Morgan fingerprint density at radius 1 is 1.42 bits per heavy atom. The molecule has 2 aromatic rings. The van der Waals surface area contributed by atoms with Crippen LogP contribution in [0, 0.1) is 5.92 Å². The zero-order chi connectivity index (χ0) is 18.7. The maximum Gasteiger partial charge on any atom is 0.263 e. The Morgan fingerprint density at radius 2 is 2.23 bits per heavy atom. The second-order valence-electron chi connectivity index (χ2n) is 7.15. The number of pyridine rings is 1. The lowest BCUT2D eigenvalue weighted by Gasteiger charge is -2.32. The fourth-order valence-corrected chi connectivity index (χ4v) is 4.15. The molecule has 0 unspecified atom stereocenters. The van der Waals surface area contributed by atoms with Crippen molar-refractivity contribution in [3.05, 3.63) is 32.9 Å². The molecule has 2 atom stereocenters. The summed E-state index contributed by atoms with van der Waals surface area (Å²) in [7, 11) is 0. The van der Waals surface area contributed by atoms with E-state index in [0.29, 0.717) is 23.5 Å². The van der Waals surface area contributed by atoms with Gasteiger partial charge in [0.05, 0.1) is 11.4 Å². The second-order valence-corrected chi connectivity index (χ2v) is 8.07. The first-order valence-corrected chi connectivity index (χ1v) is 10.3. The van der Waals surface area contributed by atoms with Gasteiger partial charge in [0.2, 0.25) is 0 Å². The summed E-state index contributed by atoms with van der Waals surface area (Å²) in [6, 6.07) is 1.96. The SMILES string of the molecule is CCC[C@@H](c1nc2ncc(Br)cc2c(=O)n1CC)N1CCNC[C@H](C)C1. The molecule has 0 aliphatic carbocycles. The van der Waals surface area contributed by atoms with Crippen molar-refractivity contribution in [2.45, 2.75) is 46.2 Å². The average molecular weight is 422 g/mol. The Morgan fingerprint density at radius 3 is 2.96 bits per heavy atom. The molecule has 26 heavy (non-hydrogen) atoms. The Kier molecular flexibility index (Phi) is 6.42. The summed E-state index contributed by atoms with van der Waals surface area (Å²) in [5.41, 5.74) is 0.545. The van der Waals surface area contributed by atoms with Gasteiger partial charge >= 0.3 is 0 Å². The van der Waals surface area contributed by atoms with Gasteiger partial charge in [-0.2, -0.15) is 0 Å². The third-order valence-corrected chi connectivity index (χ3v) is 5.47. The molecule has 142 valence electrons. The molecule has 0 spiro atoms. The molecule has 0 radical (unpaired) electrons. The van der Waals surface area contributed by atoms with Crippen LogP contribution in [0.25, 0.3) is 11.0 Å². The van der Waals surface area contributed by atoms with Crippen LogP contribution < -0.4 is 10.9 Å². The zero-order valence-corrected chi connectivity index (χ0v) is 17.4. The number of hydrogen-bond acceptors (Lipinski definition) is 5. The lowest BCUT2D eigenvalue weighted by atomic mass is 10.1. The summed E-state index contributed by atoms with van der Waals surface area (Å²) in [5, 5.41) is 4.08. The average Bonchev–Trinajstić information content (AvgIpc) is 2.84. The fourth-order valence-electron chi connectivity index (χ4n) is 3.82. The van der Waals surface area contributed by atoms with Crippen molar-refractivity contribution in [3.8, 4) is 0 Å². The number of nitrogens with zero attached hydrogens (tertiary/aromatic N) is 4. The van der Waals surface area contributed by atoms with Crippen LogP contribution in [0.3, 0.4) is 0 Å². The van der Waals surface area contributed by atoms with Gasteiger partial charge in [-0.1, -0.05) is 20.3 Å². The van der Waals surface area contributed by atoms with E-state index in [4.69, 9.17) is 4.98 Å². The number of nitrogens with one attached hydrogen (secondary N) is 1. The maximum absolute atomic E-state index is 13.1. The van der Waals surface area contributed by atoms with Crippen LogP contribution in [0.2, 0.25) is 0 Å². The van der Waals surface area contributed by atoms with Gasteiger partial charge in [-0.15, -0.1) is 0 Å². The van der Waals surface area contributed by atoms with E-state index in [2.05, 4.69) is 45.0 Å². The van der Waals surface area contributed by atoms with Crippen LogP contribution in [0.15, 0.2) is 21.5 Å². The van der Waals surface area contributed by atoms with Crippen LogP contribution >= 0.6 is 15.9 Å². The minimum atomic E-state index is 0.00315. The Balaban J connectivity index is 2.12. The minimum absolute atomic E-state index is 0.00315. The summed E-state index contributed by atoms with van der Waals surface area (Å²) < 4.78 is 2.64. The maximum atomic E-state index is 13.1. The highest BCUT2D eigenvalue weighted by atomic mass is 79.9. The molecule has 1 aliphatic heterocycles. The van der Waals surface area contributed by atoms with Gasteiger partial charge in [0, 0.05) is 36.8 Å². The van der Waals surface area contributed by atoms with Crippen molar-refractivity contribution in [3.63, 3.8) is 0 Å². The predicted molar refractivity (Wildman–Crippen MR) is 108 cm³/mol. The summed E-state index contributed by atoms with van der Waals surface area (Å²) in [5.74, 6) is 1.43. The highest BCUT2D eigenvalue weighted by molar-refractivity contribution is 9.10. The molecule has 0 saturated carbocycles. The van der Waals surface area contributed by atoms with Crippen LogP contribution in [-0.2, 0) is 6.54 Å². The van der Waals surface area contributed by atoms with Crippen molar-refractivity contribution in [2.75, 3.05) is 26.2 Å². The van der Waals surface area contributed by atoms with Crippen molar-refractivity contribution >= 4 is 27.0 Å². The summed E-state index contributed by atoms with van der Waals surface area (Å²) in [4.78, 5) is 24.8. The second kappa shape index (κ2) is 8.59. The predicted octanol–water partition coefficient (Wildman–Crippen LogP) is 2.96. The summed E-state index contributed by atoms with van der Waals surface area (Å²) in [6.45, 7) is 11.1. The number of aromatic nitrogens is 3. The van der Waals surface area contributed by atoms with Gasteiger partial charge in [-0.05, 0) is 47.8 Å². The smallest absolute Gasteiger partial charge is 0.263 e. The van der Waals surface area contributed by atoms with E-state index in [1.165, 1.54) is 0 Å². The van der Waals surface area contributed by atoms with Crippen molar-refractivity contribution < 1.29 is 0 Å². The van der Waals surface area contributed by atoms with Crippen molar-refractivity contribution in [1.82, 2.24) is 24.8 Å². The first-order chi connectivity index (χ1) is 12.5. The molecule has 0 bridgehead atoms. The molecule has 1 saturated heterocycles. The van der Waals surface area contributed by atoms with Gasteiger partial charge in [-0.3, -0.25) is 14.3 Å². The highest BCUT2D eigenvalue weighted by Crippen LogP contribution is 2.26. The quantitative estimate of drug-likeness (QED) is 0.803. The first kappa shape index (κ1) is 19.5. The minimum Gasteiger partial charge on any atom is -0.315 e. The Hall–Kier alpha value is -1.31. The number of halogens is 1. The van der Waals surface area contributed by atoms with Gasteiger partial charge in [0.25, 0.3) is 5.56 Å². The lowest BCUT2D eigenvalue weighted by Crippen LogP contribution is -2.38. The molecule has 1 N–H and O–H groups in total. The van der Waals surface area contributed by atoms with Crippen molar-refractivity contribution in [2.24, 2.45) is 5.92 Å². The van der Waals surface area contributed by atoms with Gasteiger partial charge in [0.15, 0.2) is 5.65 Å². The molecule has 3 rings (SSSR count). The molecule has 7 heteroatoms. The molecular weight excluding hydrogens is 394 g/mol. The Bertz CT molecular complexity index is 821. The number of hydrogen-bond donors (Lipinski definition) is 1. The molecule has 0 amide bonds. The van der Waals surface area contributed by atoms with Gasteiger partial charge in [0.1, 0.15) is 5.82 Å². The van der Waals surface area contributed by atoms with Crippen LogP contribution in [0.4, 0.5) is 0 Å². The third kappa shape index (κ3) is 4.00. The third-order valence-electron chi connectivity index (χ3n) is 5.04. The monoisotopic (exact) mass is 421 g/mol. The van der Waals surface area contributed by atoms with Crippen molar-refractivity contribution in [1.29, 1.82) is 0 Å². The van der Waals surface area contributed by atoms with E-state index in [0.717, 1.165) is 49.3 Å². The first-order valence-electron chi connectivity index (χ1n) is 9.55. The lowest BCUT2D eigenvalue weighted by molar-refractivity contribution is 0.169. The van der Waals surface area contributed by atoms with Crippen LogP contribution in [0.1, 0.15) is 45.5 Å². The van der Waals surface area contributed by atoms with Gasteiger partial charge < -0.3 is 5.32 Å².